The van der Waals surface area contributed by atoms with E-state index in [4.69, 9.17) is 0 Å². The van der Waals surface area contributed by atoms with Crippen LogP contribution in [0.15, 0.2) is 60.0 Å². The zero-order chi connectivity index (χ0) is 22.3. The molecule has 9 heteroatoms. The number of benzene rings is 2. The highest BCUT2D eigenvalue weighted by Gasteiger charge is 2.21. The number of para-hydroxylation sites is 1. The fraction of sp³-hybridized carbons (Fsp3) is 0.261. The van der Waals surface area contributed by atoms with Crippen LogP contribution in [0.25, 0.3) is 11.3 Å². The predicted octanol–water partition coefficient (Wildman–Crippen LogP) is 4.44. The van der Waals surface area contributed by atoms with E-state index < -0.39 is 0 Å². The number of halogens is 1. The average molecular weight is 579 g/mol. The standard InChI is InChI=1S/C23H23IN4O2S2/c24-18-8-6-17(7-9-18)20-14-32-23(25-20)26-21(29)15-31-16-22(30)28-12-10-27(11-13-28)19-4-2-1-3-5-19/h1-9,14H,10-13,15-16H2,(H,25,26,29). The van der Waals surface area contributed by atoms with Gasteiger partial charge in [-0.2, -0.15) is 0 Å². The number of thiazole rings is 1. The van der Waals surface area contributed by atoms with E-state index in [1.807, 2.05) is 52.7 Å². The molecular weight excluding hydrogens is 555 g/mol. The third-order valence-corrected chi connectivity index (χ3v) is 7.50. The van der Waals surface area contributed by atoms with E-state index in [1.165, 1.54) is 32.4 Å². The van der Waals surface area contributed by atoms with Gasteiger partial charge in [-0.3, -0.25) is 9.59 Å². The first-order valence-electron chi connectivity index (χ1n) is 10.3. The summed E-state index contributed by atoms with van der Waals surface area (Å²) in [5, 5.41) is 5.35. The summed E-state index contributed by atoms with van der Waals surface area (Å²) in [6, 6.07) is 18.4. The van der Waals surface area contributed by atoms with Crippen molar-refractivity contribution in [3.63, 3.8) is 0 Å². The lowest BCUT2D eigenvalue weighted by Crippen LogP contribution is -2.49. The Morgan fingerprint density at radius 1 is 1.00 bits per heavy atom. The molecule has 1 aliphatic heterocycles. The van der Waals surface area contributed by atoms with Crippen molar-refractivity contribution in [3.8, 4) is 11.3 Å². The van der Waals surface area contributed by atoms with Crippen LogP contribution >= 0.6 is 45.7 Å². The molecule has 1 fully saturated rings. The van der Waals surface area contributed by atoms with Crippen LogP contribution in [-0.4, -0.2) is 59.4 Å². The molecule has 0 unspecified atom stereocenters. The fourth-order valence-electron chi connectivity index (χ4n) is 3.41. The van der Waals surface area contributed by atoms with E-state index in [9.17, 15) is 9.59 Å². The zero-order valence-electron chi connectivity index (χ0n) is 17.4. The Hall–Kier alpha value is -2.11. The van der Waals surface area contributed by atoms with Gasteiger partial charge >= 0.3 is 0 Å². The zero-order valence-corrected chi connectivity index (χ0v) is 21.2. The van der Waals surface area contributed by atoms with Crippen LogP contribution < -0.4 is 10.2 Å². The van der Waals surface area contributed by atoms with Crippen LogP contribution in [0.3, 0.4) is 0 Å². The van der Waals surface area contributed by atoms with E-state index in [0.29, 0.717) is 24.0 Å². The number of carbonyl (C=O) groups is 2. The first kappa shape index (κ1) is 23.1. The van der Waals surface area contributed by atoms with Crippen molar-refractivity contribution in [1.29, 1.82) is 0 Å². The van der Waals surface area contributed by atoms with Gasteiger partial charge in [-0.05, 0) is 46.9 Å². The molecule has 1 aliphatic rings. The summed E-state index contributed by atoms with van der Waals surface area (Å²) in [5.41, 5.74) is 3.06. The van der Waals surface area contributed by atoms with Crippen LogP contribution in [0.1, 0.15) is 0 Å². The van der Waals surface area contributed by atoms with Gasteiger partial charge < -0.3 is 15.1 Å². The minimum atomic E-state index is -0.139. The number of nitrogens with zero attached hydrogens (tertiary/aromatic N) is 3. The summed E-state index contributed by atoms with van der Waals surface area (Å²) in [7, 11) is 0. The highest BCUT2D eigenvalue weighted by molar-refractivity contribution is 14.1. The van der Waals surface area contributed by atoms with Gasteiger partial charge in [0.15, 0.2) is 5.13 Å². The van der Waals surface area contributed by atoms with Gasteiger partial charge in [0.05, 0.1) is 17.2 Å². The van der Waals surface area contributed by atoms with Crippen molar-refractivity contribution in [2.75, 3.05) is 47.9 Å². The maximum atomic E-state index is 12.5. The summed E-state index contributed by atoms with van der Waals surface area (Å²) >= 11 is 5.01. The maximum absolute atomic E-state index is 12.5. The Balaban J connectivity index is 1.18. The minimum absolute atomic E-state index is 0.0887. The predicted molar refractivity (Wildman–Crippen MR) is 141 cm³/mol. The molecular formula is C23H23IN4O2S2. The highest BCUT2D eigenvalue weighted by atomic mass is 127. The van der Waals surface area contributed by atoms with Gasteiger partial charge in [-0.25, -0.2) is 4.98 Å². The van der Waals surface area contributed by atoms with Crippen molar-refractivity contribution < 1.29 is 9.59 Å². The topological polar surface area (TPSA) is 65.5 Å². The van der Waals surface area contributed by atoms with Crippen molar-refractivity contribution in [1.82, 2.24) is 9.88 Å². The van der Waals surface area contributed by atoms with E-state index in [2.05, 4.69) is 49.9 Å². The second-order valence-electron chi connectivity index (χ2n) is 7.29. The summed E-state index contributed by atoms with van der Waals surface area (Å²) in [6.45, 7) is 3.07. The largest absolute Gasteiger partial charge is 0.368 e. The second kappa shape index (κ2) is 11.2. The molecule has 1 saturated heterocycles. The molecule has 2 amide bonds. The van der Waals surface area contributed by atoms with Crippen molar-refractivity contribution in [2.24, 2.45) is 0 Å². The number of aromatic nitrogens is 1. The summed E-state index contributed by atoms with van der Waals surface area (Å²) in [5.74, 6) is 0.490. The molecule has 2 heterocycles. The third kappa shape index (κ3) is 6.23. The smallest absolute Gasteiger partial charge is 0.236 e. The Bertz CT molecular complexity index is 1050. The maximum Gasteiger partial charge on any atom is 0.236 e. The van der Waals surface area contributed by atoms with E-state index in [-0.39, 0.29) is 17.6 Å². The summed E-state index contributed by atoms with van der Waals surface area (Å²) in [6.07, 6.45) is 0. The van der Waals surface area contributed by atoms with Gasteiger partial charge in [0, 0.05) is 46.4 Å². The highest BCUT2D eigenvalue weighted by Crippen LogP contribution is 2.25. The number of thioether (sulfide) groups is 1. The van der Waals surface area contributed by atoms with Crippen LogP contribution in [0, 0.1) is 3.57 Å². The number of hydrogen-bond acceptors (Lipinski definition) is 6. The molecule has 0 aliphatic carbocycles. The lowest BCUT2D eigenvalue weighted by atomic mass is 10.2. The minimum Gasteiger partial charge on any atom is -0.368 e. The number of hydrogen-bond donors (Lipinski definition) is 1. The van der Waals surface area contributed by atoms with Crippen LogP contribution in [-0.2, 0) is 9.59 Å². The third-order valence-electron chi connectivity index (χ3n) is 5.10. The number of anilines is 2. The Labute approximate surface area is 209 Å². The van der Waals surface area contributed by atoms with Gasteiger partial charge in [-0.1, -0.05) is 30.3 Å². The quantitative estimate of drug-likeness (QED) is 0.421. The van der Waals surface area contributed by atoms with E-state index >= 15 is 0 Å². The Morgan fingerprint density at radius 3 is 2.44 bits per heavy atom. The molecule has 1 aromatic heterocycles. The molecule has 0 spiro atoms. The molecule has 4 rings (SSSR count). The SMILES string of the molecule is O=C(CSCC(=O)N1CCN(c2ccccc2)CC1)Nc1nc(-c2ccc(I)cc2)cs1. The monoisotopic (exact) mass is 578 g/mol. The number of rotatable bonds is 7. The molecule has 2 aromatic carbocycles. The Morgan fingerprint density at radius 2 is 1.72 bits per heavy atom. The van der Waals surface area contributed by atoms with E-state index in [1.54, 1.807) is 0 Å². The first-order chi connectivity index (χ1) is 15.6. The van der Waals surface area contributed by atoms with E-state index in [0.717, 1.165) is 24.3 Å². The molecule has 0 saturated carbocycles. The van der Waals surface area contributed by atoms with Gasteiger partial charge in [0.2, 0.25) is 11.8 Å². The van der Waals surface area contributed by atoms with Crippen molar-refractivity contribution in [3.05, 3.63) is 63.5 Å². The molecule has 0 radical (unpaired) electrons. The summed E-state index contributed by atoms with van der Waals surface area (Å²) < 4.78 is 1.17. The van der Waals surface area contributed by atoms with Crippen LogP contribution in [0.5, 0.6) is 0 Å². The number of nitrogens with one attached hydrogen (secondary N) is 1. The van der Waals surface area contributed by atoms with Gasteiger partial charge in [0.1, 0.15) is 0 Å². The molecule has 0 atom stereocenters. The lowest BCUT2D eigenvalue weighted by molar-refractivity contribution is -0.128. The molecule has 3 aromatic rings. The fourth-order valence-corrected chi connectivity index (χ4v) is 5.23. The molecule has 32 heavy (non-hydrogen) atoms. The molecule has 0 bridgehead atoms. The summed E-state index contributed by atoms with van der Waals surface area (Å²) in [4.78, 5) is 33.4. The number of piperazine rings is 1. The molecule has 6 nitrogen and oxygen atoms in total. The molecule has 1 N–H and O–H groups in total. The second-order valence-corrected chi connectivity index (χ2v) is 10.4. The first-order valence-corrected chi connectivity index (χ1v) is 13.4. The van der Waals surface area contributed by atoms with Gasteiger partial charge in [0.25, 0.3) is 0 Å². The average Bonchev–Trinajstić information content (AvgIpc) is 3.28. The van der Waals surface area contributed by atoms with Crippen molar-refractivity contribution in [2.45, 2.75) is 0 Å². The normalized spacial score (nSPS) is 13.8. The Kier molecular flexibility index (Phi) is 8.04. The number of amides is 2. The van der Waals surface area contributed by atoms with Crippen LogP contribution in [0.4, 0.5) is 10.8 Å². The van der Waals surface area contributed by atoms with Crippen LogP contribution in [0.2, 0.25) is 0 Å². The molecule has 166 valence electrons. The van der Waals surface area contributed by atoms with Gasteiger partial charge in [-0.15, -0.1) is 23.1 Å². The lowest BCUT2D eigenvalue weighted by Gasteiger charge is -2.36. The van der Waals surface area contributed by atoms with Crippen molar-refractivity contribution >= 4 is 68.3 Å². The number of carbonyl (C=O) groups excluding carboxylic acids is 2.